The zero-order valence-electron chi connectivity index (χ0n) is 11.2. The molecule has 108 valence electrons. The summed E-state index contributed by atoms with van der Waals surface area (Å²) < 4.78 is 6.22. The molecule has 0 fully saturated rings. The smallest absolute Gasteiger partial charge is 0.273 e. The summed E-state index contributed by atoms with van der Waals surface area (Å²) >= 11 is 3.30. The molecule has 0 saturated heterocycles. The minimum absolute atomic E-state index is 0.0643. The maximum Gasteiger partial charge on any atom is 0.273 e. The highest BCUT2D eigenvalue weighted by atomic mass is 79.9. The van der Waals surface area contributed by atoms with E-state index in [0.29, 0.717) is 11.3 Å². The number of aryl methyl sites for hydroxylation is 1. The Morgan fingerprint density at radius 3 is 2.71 bits per heavy atom. The number of nitro groups is 1. The van der Waals surface area contributed by atoms with Crippen molar-refractivity contribution in [2.45, 2.75) is 6.92 Å². The summed E-state index contributed by atoms with van der Waals surface area (Å²) in [5, 5.41) is 10.7. The number of nitro benzene ring substituents is 1. The molecular weight excluding hydrogens is 338 g/mol. The minimum atomic E-state index is -0.498. The van der Waals surface area contributed by atoms with E-state index < -0.39 is 4.92 Å². The molecule has 2 aromatic carbocycles. The molecule has 0 spiro atoms. The van der Waals surface area contributed by atoms with Gasteiger partial charge in [0.25, 0.3) is 5.69 Å². The molecule has 0 heterocycles. The fourth-order valence-corrected chi connectivity index (χ4v) is 2.15. The van der Waals surface area contributed by atoms with Crippen LogP contribution in [0.15, 0.2) is 46.9 Å². The van der Waals surface area contributed by atoms with Crippen LogP contribution in [0.3, 0.4) is 0 Å². The molecule has 0 aliphatic heterocycles. The number of carbonyl (C=O) groups excluding carboxylic acids is 1. The molecule has 0 aliphatic carbocycles. The third-order valence-electron chi connectivity index (χ3n) is 2.89. The molecule has 0 aliphatic rings. The van der Waals surface area contributed by atoms with Gasteiger partial charge in [0.15, 0.2) is 12.4 Å². The first kappa shape index (κ1) is 15.2. The molecule has 2 rings (SSSR count). The molecule has 0 atom stereocenters. The lowest BCUT2D eigenvalue weighted by Crippen LogP contribution is -2.12. The number of hydrogen-bond donors (Lipinski definition) is 0. The van der Waals surface area contributed by atoms with Gasteiger partial charge < -0.3 is 4.74 Å². The molecule has 0 unspecified atom stereocenters. The number of nitrogens with zero attached hydrogens (tertiary/aromatic N) is 1. The quantitative estimate of drug-likeness (QED) is 0.465. The van der Waals surface area contributed by atoms with E-state index in [4.69, 9.17) is 4.74 Å². The zero-order chi connectivity index (χ0) is 15.4. The molecule has 0 aromatic heterocycles. The van der Waals surface area contributed by atoms with Crippen LogP contribution in [-0.4, -0.2) is 17.3 Å². The summed E-state index contributed by atoms with van der Waals surface area (Å²) in [6.45, 7) is 1.60. The first-order valence-electron chi connectivity index (χ1n) is 6.14. The fourth-order valence-electron chi connectivity index (χ4n) is 1.75. The van der Waals surface area contributed by atoms with Crippen molar-refractivity contribution < 1.29 is 14.5 Å². The molecule has 0 N–H and O–H groups in total. The van der Waals surface area contributed by atoms with Crippen LogP contribution in [0.1, 0.15) is 15.9 Å². The fraction of sp³-hybridized carbons (Fsp3) is 0.133. The maximum atomic E-state index is 12.0. The van der Waals surface area contributed by atoms with Crippen molar-refractivity contribution >= 4 is 27.4 Å². The molecule has 2 aromatic rings. The molecule has 0 saturated carbocycles. The average molecular weight is 350 g/mol. The number of non-ortho nitro benzene ring substituents is 1. The van der Waals surface area contributed by atoms with Crippen LogP contribution >= 0.6 is 15.9 Å². The first-order valence-corrected chi connectivity index (χ1v) is 6.93. The maximum absolute atomic E-state index is 12.0. The van der Waals surface area contributed by atoms with Crippen molar-refractivity contribution in [1.29, 1.82) is 0 Å². The lowest BCUT2D eigenvalue weighted by atomic mass is 10.1. The standard InChI is InChI=1S/C15H12BrNO4/c1-10-5-6-13(17(19)20)8-15(10)21-9-14(18)11-3-2-4-12(16)7-11/h2-8H,9H2,1H3. The van der Waals surface area contributed by atoms with Gasteiger partial charge in [0.2, 0.25) is 0 Å². The van der Waals surface area contributed by atoms with Gasteiger partial charge in [-0.2, -0.15) is 0 Å². The molecule has 0 amide bonds. The van der Waals surface area contributed by atoms with Gasteiger partial charge in [-0.1, -0.05) is 28.1 Å². The third-order valence-corrected chi connectivity index (χ3v) is 3.38. The van der Waals surface area contributed by atoms with Crippen LogP contribution in [-0.2, 0) is 0 Å². The summed E-state index contributed by atoms with van der Waals surface area (Å²) in [7, 11) is 0. The second-order valence-corrected chi connectivity index (χ2v) is 5.34. The Bertz CT molecular complexity index is 700. The Balaban J connectivity index is 2.11. The van der Waals surface area contributed by atoms with Crippen LogP contribution < -0.4 is 4.74 Å². The second kappa shape index (κ2) is 6.49. The van der Waals surface area contributed by atoms with E-state index in [2.05, 4.69) is 15.9 Å². The Morgan fingerprint density at radius 2 is 2.05 bits per heavy atom. The van der Waals surface area contributed by atoms with E-state index >= 15 is 0 Å². The second-order valence-electron chi connectivity index (χ2n) is 4.43. The van der Waals surface area contributed by atoms with Gasteiger partial charge in [-0.3, -0.25) is 14.9 Å². The number of ether oxygens (including phenoxy) is 1. The lowest BCUT2D eigenvalue weighted by Gasteiger charge is -2.08. The number of carbonyl (C=O) groups is 1. The summed E-state index contributed by atoms with van der Waals surface area (Å²) in [5.74, 6) is 0.148. The SMILES string of the molecule is Cc1ccc([N+](=O)[O-])cc1OCC(=O)c1cccc(Br)c1. The third kappa shape index (κ3) is 3.88. The minimum Gasteiger partial charge on any atom is -0.485 e. The molecule has 6 heteroatoms. The van der Waals surface area contributed by atoms with E-state index in [-0.39, 0.29) is 18.1 Å². The highest BCUT2D eigenvalue weighted by Gasteiger charge is 2.12. The Hall–Kier alpha value is -2.21. The van der Waals surface area contributed by atoms with Gasteiger partial charge in [-0.15, -0.1) is 0 Å². The van der Waals surface area contributed by atoms with Gasteiger partial charge in [-0.05, 0) is 30.7 Å². The zero-order valence-corrected chi connectivity index (χ0v) is 12.8. The average Bonchev–Trinajstić information content (AvgIpc) is 2.45. The number of benzene rings is 2. The van der Waals surface area contributed by atoms with Crippen LogP contribution in [0.2, 0.25) is 0 Å². The largest absolute Gasteiger partial charge is 0.485 e. The van der Waals surface area contributed by atoms with Gasteiger partial charge in [0.05, 0.1) is 11.0 Å². The summed E-state index contributed by atoms with van der Waals surface area (Å²) in [6.07, 6.45) is 0. The van der Waals surface area contributed by atoms with Gasteiger partial charge in [-0.25, -0.2) is 0 Å². The normalized spacial score (nSPS) is 10.2. The summed E-state index contributed by atoms with van der Waals surface area (Å²) in [6, 6.07) is 11.3. The van der Waals surface area contributed by atoms with E-state index in [1.165, 1.54) is 12.1 Å². The van der Waals surface area contributed by atoms with Crippen molar-refractivity contribution in [2.24, 2.45) is 0 Å². The van der Waals surface area contributed by atoms with Crippen molar-refractivity contribution in [3.8, 4) is 5.75 Å². The summed E-state index contributed by atoms with van der Waals surface area (Å²) in [5.41, 5.74) is 1.20. The van der Waals surface area contributed by atoms with Crippen LogP contribution in [0.5, 0.6) is 5.75 Å². The first-order chi connectivity index (χ1) is 9.97. The molecular formula is C15H12BrNO4. The molecule has 5 nitrogen and oxygen atoms in total. The number of halogens is 1. The highest BCUT2D eigenvalue weighted by Crippen LogP contribution is 2.24. The van der Waals surface area contributed by atoms with E-state index in [9.17, 15) is 14.9 Å². The van der Waals surface area contributed by atoms with Crippen LogP contribution in [0.4, 0.5) is 5.69 Å². The van der Waals surface area contributed by atoms with Gasteiger partial charge in [0, 0.05) is 16.1 Å². The van der Waals surface area contributed by atoms with E-state index in [1.54, 1.807) is 31.2 Å². The predicted molar refractivity (Wildman–Crippen MR) is 81.8 cm³/mol. The highest BCUT2D eigenvalue weighted by molar-refractivity contribution is 9.10. The number of Topliss-reactive ketones (excluding diaryl/α,β-unsaturated/α-hetero) is 1. The Morgan fingerprint density at radius 1 is 1.29 bits per heavy atom. The number of hydrogen-bond acceptors (Lipinski definition) is 4. The molecule has 0 bridgehead atoms. The van der Waals surface area contributed by atoms with Gasteiger partial charge in [0.1, 0.15) is 5.75 Å². The van der Waals surface area contributed by atoms with E-state index in [1.807, 2.05) is 6.07 Å². The Labute approximate surface area is 129 Å². The topological polar surface area (TPSA) is 69.4 Å². The summed E-state index contributed by atoms with van der Waals surface area (Å²) in [4.78, 5) is 22.3. The monoisotopic (exact) mass is 349 g/mol. The van der Waals surface area contributed by atoms with Gasteiger partial charge >= 0.3 is 0 Å². The lowest BCUT2D eigenvalue weighted by molar-refractivity contribution is -0.384. The predicted octanol–water partition coefficient (Wildman–Crippen LogP) is 3.93. The van der Waals surface area contributed by atoms with Crippen molar-refractivity contribution in [1.82, 2.24) is 0 Å². The number of ketones is 1. The van der Waals surface area contributed by atoms with Crippen molar-refractivity contribution in [2.75, 3.05) is 6.61 Å². The van der Waals surface area contributed by atoms with Crippen molar-refractivity contribution in [3.05, 3.63) is 68.2 Å². The van der Waals surface area contributed by atoms with Crippen LogP contribution in [0, 0.1) is 17.0 Å². The van der Waals surface area contributed by atoms with E-state index in [0.717, 1.165) is 10.0 Å². The Kier molecular flexibility index (Phi) is 4.70. The number of rotatable bonds is 5. The van der Waals surface area contributed by atoms with Crippen molar-refractivity contribution in [3.63, 3.8) is 0 Å². The molecule has 0 radical (unpaired) electrons. The molecule has 21 heavy (non-hydrogen) atoms. The van der Waals surface area contributed by atoms with Crippen LogP contribution in [0.25, 0.3) is 0 Å².